The Balaban J connectivity index is 3.20. The average Bonchev–Trinajstić information content (AvgIpc) is 1.86. The lowest BCUT2D eigenvalue weighted by Crippen LogP contribution is -2.12. The molecule has 1 aromatic rings. The number of primary sulfonamides is 1. The topological polar surface area (TPSA) is 60.2 Å². The molecule has 1 aromatic carbocycles. The van der Waals surface area contributed by atoms with E-state index in [1.807, 2.05) is 0 Å². The fourth-order valence-electron chi connectivity index (χ4n) is 0.658. The van der Waals surface area contributed by atoms with Gasteiger partial charge in [-0.25, -0.2) is 13.6 Å². The maximum atomic E-state index is 10.7. The molecule has 0 aliphatic rings. The van der Waals surface area contributed by atoms with Gasteiger partial charge in [-0.3, -0.25) is 0 Å². The second-order valence-electron chi connectivity index (χ2n) is 2.11. The van der Waals surface area contributed by atoms with Crippen molar-refractivity contribution in [1.29, 1.82) is 0 Å². The highest BCUT2D eigenvalue weighted by Crippen LogP contribution is 2.03. The third-order valence-corrected chi connectivity index (χ3v) is 2.52. The molecule has 0 aliphatic carbocycles. The molecule has 0 saturated heterocycles. The quantitative estimate of drug-likeness (QED) is 0.624. The number of nitrogens with two attached hydrogens (primary N) is 1. The zero-order valence-electron chi connectivity index (χ0n) is 5.69. The largest absolute Gasteiger partial charge is 0.238 e. The van der Waals surface area contributed by atoms with Crippen molar-refractivity contribution in [3.8, 4) is 0 Å². The predicted octanol–water partition coefficient (Wildman–Crippen LogP) is -0.166. The summed E-state index contributed by atoms with van der Waals surface area (Å²) in [7, 11) is -1.07. The minimum atomic E-state index is -3.53. The fraction of sp³-hybridized carbons (Fsp3) is 0. The second-order valence-corrected chi connectivity index (χ2v) is 4.34. The van der Waals surface area contributed by atoms with Crippen LogP contribution in [-0.4, -0.2) is 8.42 Å². The molecule has 0 saturated carbocycles. The Labute approximate surface area is 67.9 Å². The minimum Gasteiger partial charge on any atom is -0.225 e. The normalized spacial score (nSPS) is 11.5. The van der Waals surface area contributed by atoms with E-state index in [0.717, 1.165) is 5.30 Å². The van der Waals surface area contributed by atoms with Gasteiger partial charge in [0.2, 0.25) is 10.0 Å². The summed E-state index contributed by atoms with van der Waals surface area (Å²) in [5, 5.41) is 5.80. The Morgan fingerprint density at radius 1 is 1.18 bits per heavy atom. The molecule has 0 aromatic heterocycles. The fourth-order valence-corrected chi connectivity index (χ4v) is 1.37. The molecule has 0 amide bonds. The van der Waals surface area contributed by atoms with Gasteiger partial charge in [0.15, 0.2) is 0 Å². The summed E-state index contributed by atoms with van der Waals surface area (Å²) in [6.45, 7) is 0. The number of sulfonamides is 1. The van der Waals surface area contributed by atoms with Crippen molar-refractivity contribution in [3.05, 3.63) is 24.3 Å². The van der Waals surface area contributed by atoms with Gasteiger partial charge in [0.1, 0.15) is 0 Å². The summed E-state index contributed by atoms with van der Waals surface area (Å²) in [4.78, 5) is 0.142. The summed E-state index contributed by atoms with van der Waals surface area (Å²) in [5.74, 6) is 0. The summed E-state index contributed by atoms with van der Waals surface area (Å²) in [6, 6.07) is 6.28. The lowest BCUT2D eigenvalue weighted by Gasteiger charge is -1.96. The highest BCUT2D eigenvalue weighted by molar-refractivity contribution is 7.89. The van der Waals surface area contributed by atoms with Crippen LogP contribution in [0.2, 0.25) is 0 Å². The van der Waals surface area contributed by atoms with Gasteiger partial charge >= 0.3 is 0 Å². The third-order valence-electron chi connectivity index (χ3n) is 1.21. The maximum absolute atomic E-state index is 10.7. The summed E-state index contributed by atoms with van der Waals surface area (Å²) in [5.41, 5.74) is 0. The lowest BCUT2D eigenvalue weighted by molar-refractivity contribution is 0.598. The van der Waals surface area contributed by atoms with Crippen LogP contribution in [0.1, 0.15) is 0 Å². The Kier molecular flexibility index (Phi) is 2.28. The van der Waals surface area contributed by atoms with Crippen LogP contribution in [0, 0.1) is 0 Å². The van der Waals surface area contributed by atoms with Crippen LogP contribution in [0.25, 0.3) is 0 Å². The lowest BCUT2D eigenvalue weighted by atomic mass is 10.4. The van der Waals surface area contributed by atoms with Gasteiger partial charge in [0.25, 0.3) is 0 Å². The van der Waals surface area contributed by atoms with Crippen molar-refractivity contribution in [1.82, 2.24) is 0 Å². The zero-order valence-corrected chi connectivity index (χ0v) is 7.66. The molecule has 0 bridgehead atoms. The summed E-state index contributed by atoms with van der Waals surface area (Å²) >= 11 is 0. The van der Waals surface area contributed by atoms with Crippen molar-refractivity contribution in [2.45, 2.75) is 4.90 Å². The van der Waals surface area contributed by atoms with Gasteiger partial charge in [0, 0.05) is 0 Å². The van der Waals surface area contributed by atoms with Gasteiger partial charge in [-0.1, -0.05) is 12.1 Å². The molecule has 1 atom stereocenters. The van der Waals surface area contributed by atoms with Crippen LogP contribution in [-0.2, 0) is 10.0 Å². The molecular formula is C6H8NO2PS. The van der Waals surface area contributed by atoms with Gasteiger partial charge < -0.3 is 0 Å². The van der Waals surface area contributed by atoms with E-state index in [4.69, 9.17) is 5.14 Å². The van der Waals surface area contributed by atoms with Crippen LogP contribution in [0.3, 0.4) is 0 Å². The van der Waals surface area contributed by atoms with Crippen LogP contribution >= 0.6 is 9.24 Å². The van der Waals surface area contributed by atoms with Gasteiger partial charge in [-0.15, -0.1) is 9.24 Å². The van der Waals surface area contributed by atoms with Gasteiger partial charge in [0.05, 0.1) is 4.90 Å². The first-order valence-electron chi connectivity index (χ1n) is 2.88. The standard InChI is InChI=1S/C6H8NO2PS/c7-11(8,9)6-3-1-5(10)2-4-6/h1-4H,10H2,(H2,7,8,9). The molecule has 2 N–H and O–H groups in total. The van der Waals surface area contributed by atoms with E-state index in [1.54, 1.807) is 12.1 Å². The molecule has 0 aliphatic heterocycles. The van der Waals surface area contributed by atoms with E-state index in [0.29, 0.717) is 0 Å². The van der Waals surface area contributed by atoms with E-state index in [1.165, 1.54) is 12.1 Å². The molecule has 11 heavy (non-hydrogen) atoms. The van der Waals surface area contributed by atoms with Crippen molar-refractivity contribution in [2.24, 2.45) is 5.14 Å². The van der Waals surface area contributed by atoms with Crippen LogP contribution in [0.4, 0.5) is 0 Å². The predicted molar refractivity (Wildman–Crippen MR) is 47.2 cm³/mol. The number of hydrogen-bond acceptors (Lipinski definition) is 2. The molecule has 0 radical (unpaired) electrons. The van der Waals surface area contributed by atoms with E-state index in [9.17, 15) is 8.42 Å². The number of benzene rings is 1. The average molecular weight is 189 g/mol. The molecule has 0 heterocycles. The Hall–Kier alpha value is -0.440. The Morgan fingerprint density at radius 2 is 1.64 bits per heavy atom. The summed E-state index contributed by atoms with van der Waals surface area (Å²) in [6.07, 6.45) is 0. The van der Waals surface area contributed by atoms with Crippen LogP contribution in [0.5, 0.6) is 0 Å². The first-order valence-corrected chi connectivity index (χ1v) is 5.01. The first-order chi connectivity index (χ1) is 5.00. The van der Waals surface area contributed by atoms with E-state index in [-0.39, 0.29) is 4.90 Å². The van der Waals surface area contributed by atoms with Crippen LogP contribution in [0.15, 0.2) is 29.2 Å². The Morgan fingerprint density at radius 3 is 2.00 bits per heavy atom. The molecule has 1 rings (SSSR count). The Bertz CT molecular complexity index is 343. The second kappa shape index (κ2) is 2.89. The maximum Gasteiger partial charge on any atom is 0.238 e. The SMILES string of the molecule is NS(=O)(=O)c1ccc(P)cc1. The monoisotopic (exact) mass is 189 g/mol. The van der Waals surface area contributed by atoms with E-state index in [2.05, 4.69) is 9.24 Å². The number of hydrogen-bond donors (Lipinski definition) is 1. The van der Waals surface area contributed by atoms with Crippen molar-refractivity contribution < 1.29 is 8.42 Å². The number of rotatable bonds is 1. The zero-order chi connectivity index (χ0) is 8.48. The summed E-state index contributed by atoms with van der Waals surface area (Å²) < 4.78 is 21.4. The van der Waals surface area contributed by atoms with E-state index >= 15 is 0 Å². The molecule has 3 nitrogen and oxygen atoms in total. The highest BCUT2D eigenvalue weighted by atomic mass is 32.2. The highest BCUT2D eigenvalue weighted by Gasteiger charge is 2.04. The van der Waals surface area contributed by atoms with Gasteiger partial charge in [-0.05, 0) is 17.4 Å². The molecular weight excluding hydrogens is 181 g/mol. The minimum absolute atomic E-state index is 0.142. The van der Waals surface area contributed by atoms with E-state index < -0.39 is 10.0 Å². The molecule has 1 unspecified atom stereocenters. The third kappa shape index (κ3) is 2.26. The van der Waals surface area contributed by atoms with Crippen molar-refractivity contribution in [2.75, 3.05) is 0 Å². The van der Waals surface area contributed by atoms with Gasteiger partial charge in [-0.2, -0.15) is 0 Å². The molecule has 5 heteroatoms. The first kappa shape index (κ1) is 8.65. The molecule has 0 fully saturated rings. The van der Waals surface area contributed by atoms with Crippen molar-refractivity contribution in [3.63, 3.8) is 0 Å². The van der Waals surface area contributed by atoms with Crippen LogP contribution < -0.4 is 10.4 Å². The van der Waals surface area contributed by atoms with Crippen molar-refractivity contribution >= 4 is 24.6 Å². The smallest absolute Gasteiger partial charge is 0.225 e. The molecule has 60 valence electrons. The molecule has 0 spiro atoms.